The number of hydrogen-bond donors (Lipinski definition) is 0. The number of aliphatic imine (C=N–C) groups is 1. The number of benzene rings is 1. The van der Waals surface area contributed by atoms with E-state index in [1.54, 1.807) is 6.92 Å². The Balaban J connectivity index is 1.27. The number of rotatable bonds is 1. The fourth-order valence-electron chi connectivity index (χ4n) is 7.68. The van der Waals surface area contributed by atoms with Crippen molar-refractivity contribution < 1.29 is 14.3 Å². The summed E-state index contributed by atoms with van der Waals surface area (Å²) in [5.74, 6) is 3.84. The first kappa shape index (κ1) is 21.5. The van der Waals surface area contributed by atoms with Crippen LogP contribution in [-0.2, 0) is 16.0 Å². The zero-order valence-electron chi connectivity index (χ0n) is 20.3. The van der Waals surface area contributed by atoms with Crippen molar-refractivity contribution in [2.24, 2.45) is 22.2 Å². The van der Waals surface area contributed by atoms with Crippen LogP contribution in [0, 0.1) is 17.3 Å². The molecule has 2 heterocycles. The van der Waals surface area contributed by atoms with E-state index in [-0.39, 0.29) is 17.5 Å². The molecule has 33 heavy (non-hydrogen) atoms. The first-order chi connectivity index (χ1) is 15.9. The molecule has 6 heteroatoms. The topological polar surface area (TPSA) is 54.4 Å². The maximum atomic E-state index is 11.7. The highest BCUT2D eigenvalue weighted by molar-refractivity contribution is 5.89. The summed E-state index contributed by atoms with van der Waals surface area (Å²) in [6.45, 7) is 8.72. The number of amidine groups is 1. The normalized spacial score (nSPS) is 35.5. The van der Waals surface area contributed by atoms with Gasteiger partial charge in [-0.1, -0.05) is 6.92 Å². The predicted octanol–water partition coefficient (Wildman–Crippen LogP) is 4.14. The van der Waals surface area contributed by atoms with E-state index in [0.29, 0.717) is 24.4 Å². The molecule has 6 rings (SSSR count). The van der Waals surface area contributed by atoms with Gasteiger partial charge in [-0.25, -0.2) is 4.99 Å². The van der Waals surface area contributed by atoms with Crippen molar-refractivity contribution in [1.29, 1.82) is 0 Å². The molecule has 1 saturated heterocycles. The van der Waals surface area contributed by atoms with Gasteiger partial charge in [0.1, 0.15) is 30.0 Å². The second-order valence-corrected chi connectivity index (χ2v) is 11.3. The Labute approximate surface area is 197 Å². The lowest BCUT2D eigenvalue weighted by molar-refractivity contribution is -0.154. The number of piperazine rings is 1. The molecule has 2 saturated carbocycles. The van der Waals surface area contributed by atoms with Crippen LogP contribution in [0.25, 0.3) is 0 Å². The zero-order valence-corrected chi connectivity index (χ0v) is 20.3. The molecule has 178 valence electrons. The third-order valence-electron chi connectivity index (χ3n) is 9.50. The van der Waals surface area contributed by atoms with Crippen LogP contribution in [-0.4, -0.2) is 67.5 Å². The molecule has 6 nitrogen and oxygen atoms in total. The van der Waals surface area contributed by atoms with E-state index in [1.165, 1.54) is 30.4 Å². The van der Waals surface area contributed by atoms with Crippen LogP contribution in [0.15, 0.2) is 17.1 Å². The van der Waals surface area contributed by atoms with Crippen LogP contribution in [0.4, 0.5) is 5.69 Å². The van der Waals surface area contributed by atoms with Crippen LogP contribution in [0.1, 0.15) is 63.0 Å². The van der Waals surface area contributed by atoms with E-state index < -0.39 is 0 Å². The van der Waals surface area contributed by atoms with Gasteiger partial charge in [-0.3, -0.25) is 4.79 Å². The van der Waals surface area contributed by atoms with Crippen molar-refractivity contribution >= 4 is 17.5 Å². The molecule has 0 amide bonds. The summed E-state index contributed by atoms with van der Waals surface area (Å²) < 4.78 is 12.0. The number of nitrogens with zero attached hydrogens (tertiary/aromatic N) is 3. The highest BCUT2D eigenvalue weighted by Gasteiger charge is 2.56. The van der Waals surface area contributed by atoms with Crippen molar-refractivity contribution in [2.75, 3.05) is 39.8 Å². The largest absolute Gasteiger partial charge is 0.483 e. The molecule has 0 bridgehead atoms. The highest BCUT2D eigenvalue weighted by Crippen LogP contribution is 2.62. The van der Waals surface area contributed by atoms with Crippen LogP contribution < -0.4 is 4.74 Å². The second kappa shape index (κ2) is 8.00. The number of hydrogen-bond acceptors (Lipinski definition) is 6. The van der Waals surface area contributed by atoms with Gasteiger partial charge in [0.15, 0.2) is 0 Å². The zero-order chi connectivity index (χ0) is 22.7. The van der Waals surface area contributed by atoms with E-state index in [0.717, 1.165) is 62.7 Å². The third-order valence-corrected chi connectivity index (χ3v) is 9.50. The van der Waals surface area contributed by atoms with Crippen molar-refractivity contribution in [1.82, 2.24) is 9.80 Å². The summed E-state index contributed by atoms with van der Waals surface area (Å²) in [7, 11) is 2.18. The number of esters is 1. The Morgan fingerprint density at radius 1 is 1.15 bits per heavy atom. The average Bonchev–Trinajstić information content (AvgIpc) is 3.13. The lowest BCUT2D eigenvalue weighted by atomic mass is 9.55. The van der Waals surface area contributed by atoms with Crippen LogP contribution in [0.5, 0.6) is 5.75 Å². The number of carbonyl (C=O) groups is 1. The average molecular weight is 452 g/mol. The molecule has 5 aliphatic rings. The molecule has 0 aromatic heterocycles. The smallest absolute Gasteiger partial charge is 0.302 e. The van der Waals surface area contributed by atoms with E-state index in [4.69, 9.17) is 14.5 Å². The Morgan fingerprint density at radius 3 is 2.76 bits per heavy atom. The molecule has 2 aliphatic heterocycles. The lowest BCUT2D eigenvalue weighted by Crippen LogP contribution is -2.49. The number of aryl methyl sites for hydroxylation is 1. The SMILES string of the molecule is CC(=O)O[C@H]1CC[C@H]2[C@@H]3CCc4cc5c(cc4[C@H]3CC[C@]12C)N=C(N1CCN(C)CC1)CO5. The predicted molar refractivity (Wildman–Crippen MR) is 128 cm³/mol. The van der Waals surface area contributed by atoms with Crippen molar-refractivity contribution in [2.45, 2.75) is 64.4 Å². The Bertz CT molecular complexity index is 983. The quantitative estimate of drug-likeness (QED) is 0.601. The minimum absolute atomic E-state index is 0.0926. The number of ether oxygens (including phenoxy) is 2. The van der Waals surface area contributed by atoms with Gasteiger partial charge in [0.2, 0.25) is 0 Å². The molecular formula is C27H37N3O3. The fourth-order valence-corrected chi connectivity index (χ4v) is 7.68. The molecule has 0 N–H and O–H groups in total. The van der Waals surface area contributed by atoms with E-state index in [9.17, 15) is 4.79 Å². The number of fused-ring (bicyclic) bond motifs is 6. The molecule has 3 fully saturated rings. The molecule has 5 atom stereocenters. The molecular weight excluding hydrogens is 414 g/mol. The van der Waals surface area contributed by atoms with Crippen molar-refractivity contribution in [3.05, 3.63) is 23.3 Å². The van der Waals surface area contributed by atoms with Gasteiger partial charge in [0.25, 0.3) is 0 Å². The summed E-state index contributed by atoms with van der Waals surface area (Å²) in [5, 5.41) is 0. The van der Waals surface area contributed by atoms with Gasteiger partial charge in [0.05, 0.1) is 0 Å². The van der Waals surface area contributed by atoms with Crippen LogP contribution in [0.2, 0.25) is 0 Å². The van der Waals surface area contributed by atoms with Gasteiger partial charge < -0.3 is 19.3 Å². The highest BCUT2D eigenvalue weighted by atomic mass is 16.5. The van der Waals surface area contributed by atoms with Crippen LogP contribution >= 0.6 is 0 Å². The van der Waals surface area contributed by atoms with Crippen molar-refractivity contribution in [3.8, 4) is 5.75 Å². The Hall–Kier alpha value is -2.08. The molecule has 1 aromatic carbocycles. The molecule has 3 aliphatic carbocycles. The maximum Gasteiger partial charge on any atom is 0.302 e. The minimum Gasteiger partial charge on any atom is -0.483 e. The van der Waals surface area contributed by atoms with E-state index >= 15 is 0 Å². The van der Waals surface area contributed by atoms with Gasteiger partial charge in [0, 0.05) is 38.5 Å². The van der Waals surface area contributed by atoms with Crippen LogP contribution in [0.3, 0.4) is 0 Å². The van der Waals surface area contributed by atoms with E-state index in [2.05, 4.69) is 35.9 Å². The van der Waals surface area contributed by atoms with Gasteiger partial charge in [-0.15, -0.1) is 0 Å². The fraction of sp³-hybridized carbons (Fsp3) is 0.704. The molecule has 0 spiro atoms. The van der Waals surface area contributed by atoms with Gasteiger partial charge in [-0.05, 0) is 86.6 Å². The Kier molecular flexibility index (Phi) is 5.20. The molecule has 0 unspecified atom stereocenters. The lowest BCUT2D eigenvalue weighted by Gasteiger charge is -2.50. The summed E-state index contributed by atoms with van der Waals surface area (Å²) in [4.78, 5) is 21.6. The maximum absolute atomic E-state index is 11.7. The number of likely N-dealkylation sites (N-methyl/N-ethyl adjacent to an activating group) is 1. The standard InChI is InChI=1S/C27H37N3O3/c1-17(31)33-25-7-6-22-20-5-4-18-14-24-23(15-21(18)19(20)8-9-27(22,25)2)28-26(16-32-24)30-12-10-29(3)11-13-30/h14-15,19-20,22,25H,4-13,16H2,1-3H3/t19-,20+,22-,25-,27-/m0/s1. The minimum atomic E-state index is -0.126. The van der Waals surface area contributed by atoms with Crippen molar-refractivity contribution in [3.63, 3.8) is 0 Å². The first-order valence-corrected chi connectivity index (χ1v) is 12.9. The summed E-state index contributed by atoms with van der Waals surface area (Å²) in [6, 6.07) is 4.65. The van der Waals surface area contributed by atoms with Gasteiger partial charge >= 0.3 is 5.97 Å². The molecule has 0 radical (unpaired) electrons. The summed E-state index contributed by atoms with van der Waals surface area (Å²) >= 11 is 0. The second-order valence-electron chi connectivity index (χ2n) is 11.3. The molecule has 1 aromatic rings. The summed E-state index contributed by atoms with van der Waals surface area (Å²) in [5.41, 5.74) is 4.13. The number of carbonyl (C=O) groups excluding carboxylic acids is 1. The van der Waals surface area contributed by atoms with E-state index in [1.807, 2.05) is 0 Å². The first-order valence-electron chi connectivity index (χ1n) is 12.9. The monoisotopic (exact) mass is 451 g/mol. The Morgan fingerprint density at radius 2 is 1.97 bits per heavy atom. The van der Waals surface area contributed by atoms with Gasteiger partial charge in [-0.2, -0.15) is 0 Å². The summed E-state index contributed by atoms with van der Waals surface area (Å²) in [6.07, 6.45) is 6.97. The third kappa shape index (κ3) is 3.56.